The van der Waals surface area contributed by atoms with Gasteiger partial charge in [-0.3, -0.25) is 0 Å². The Kier molecular flexibility index (Phi) is 10.6. The Labute approximate surface area is 103 Å². The van der Waals surface area contributed by atoms with Crippen LogP contribution >= 0.6 is 0 Å². The van der Waals surface area contributed by atoms with Gasteiger partial charge in [-0.15, -0.1) is 0 Å². The molecule has 0 heterocycles. The van der Waals surface area contributed by atoms with Gasteiger partial charge in [0.15, 0.2) is 0 Å². The van der Waals surface area contributed by atoms with Gasteiger partial charge >= 0.3 is 38.7 Å². The van der Waals surface area contributed by atoms with Gasteiger partial charge in [-0.1, -0.05) is 0 Å². The molecule has 13 heteroatoms. The zero-order valence-electron chi connectivity index (χ0n) is 6.42. The number of hydrogen-bond acceptors (Lipinski definition) is 6. The van der Waals surface area contributed by atoms with E-state index in [2.05, 4.69) is 0 Å². The normalized spacial score (nSPS) is 11.7. The monoisotopic (exact) mass is 468 g/mol. The summed E-state index contributed by atoms with van der Waals surface area (Å²) in [5.74, 6) is 0. The van der Waals surface area contributed by atoms with Gasteiger partial charge in [0.2, 0.25) is 0 Å². The zero-order valence-corrected chi connectivity index (χ0v) is 13.6. The van der Waals surface area contributed by atoms with Gasteiger partial charge in [-0.05, 0) is 0 Å². The molecule has 0 aromatic rings. The van der Waals surface area contributed by atoms with Crippen molar-refractivity contribution in [3.05, 3.63) is 0 Å². The summed E-state index contributed by atoms with van der Waals surface area (Å²) in [7, 11) is -7.87. The van der Waals surface area contributed by atoms with Crippen molar-refractivity contribution in [1.82, 2.24) is 0 Å². The van der Waals surface area contributed by atoms with Crippen molar-refractivity contribution >= 4 is 21.4 Å². The van der Waals surface area contributed by atoms with E-state index in [9.17, 15) is 26.3 Å². The number of hydrogen-bond donors (Lipinski definition) is 0. The molecule has 15 heavy (non-hydrogen) atoms. The molecule has 0 amide bonds. The quantitative estimate of drug-likeness (QED) is 0.309. The van der Waals surface area contributed by atoms with Gasteiger partial charge in [0.1, 0.15) is 0 Å². The maximum absolute atomic E-state index is 10.6. The summed E-state index contributed by atoms with van der Waals surface area (Å²) < 4.78 is 99.0. The topological polar surface area (TPSA) is 68.3 Å². The van der Waals surface area contributed by atoms with Gasteiger partial charge in [0, 0.05) is 21.4 Å². The molecular formula is C2F6HgO4S2. The van der Waals surface area contributed by atoms with E-state index < -0.39 is 32.4 Å². The molecule has 0 unspecified atom stereocenters. The van der Waals surface area contributed by atoms with Crippen LogP contribution in [0.4, 0.5) is 26.3 Å². The van der Waals surface area contributed by atoms with E-state index in [0.717, 1.165) is 0 Å². The van der Waals surface area contributed by atoms with E-state index in [1.54, 1.807) is 0 Å². The van der Waals surface area contributed by atoms with Crippen LogP contribution in [0, 0.1) is 0 Å². The van der Waals surface area contributed by atoms with Crippen molar-refractivity contribution < 1.29 is 70.8 Å². The van der Waals surface area contributed by atoms with Gasteiger partial charge in [0.25, 0.3) is 0 Å². The van der Waals surface area contributed by atoms with Crippen molar-refractivity contribution in [3.63, 3.8) is 0 Å². The molecule has 0 rings (SSSR count). The molecule has 0 N–H and O–H groups in total. The Morgan fingerprint density at radius 3 is 0.667 bits per heavy atom. The SMILES string of the molecule is O=[S-](=O)C(F)(F)F.O=[S-](=O)C(F)(F)F.[Hg+2]. The second kappa shape index (κ2) is 7.65. The van der Waals surface area contributed by atoms with E-state index in [-0.39, 0.29) is 27.7 Å². The van der Waals surface area contributed by atoms with Gasteiger partial charge in [-0.2, -0.15) is 26.3 Å². The Hall–Kier alpha value is 0.415. The molecular weight excluding hydrogens is 467 g/mol. The molecule has 0 fully saturated rings. The molecule has 0 spiro atoms. The second-order valence-electron chi connectivity index (χ2n) is 1.36. The Bertz CT molecular complexity index is 264. The smallest absolute Gasteiger partial charge is 0.416 e. The van der Waals surface area contributed by atoms with Crippen LogP contribution in [0.15, 0.2) is 0 Å². The first-order chi connectivity index (χ1) is 5.89. The third kappa shape index (κ3) is 14.4. The fourth-order valence-electron chi connectivity index (χ4n) is 0. The summed E-state index contributed by atoms with van der Waals surface area (Å²) in [6, 6.07) is 0. The Morgan fingerprint density at radius 1 is 0.600 bits per heavy atom. The van der Waals surface area contributed by atoms with Crippen LogP contribution in [-0.2, 0) is 65.9 Å². The molecule has 0 atom stereocenters. The summed E-state index contributed by atoms with van der Waals surface area (Å²) in [4.78, 5) is 0. The summed E-state index contributed by atoms with van der Waals surface area (Å²) in [6.07, 6.45) is 0. The predicted octanol–water partition coefficient (Wildman–Crippen LogP) is 1.63. The largest absolute Gasteiger partial charge is 2.00 e. The van der Waals surface area contributed by atoms with Crippen LogP contribution in [-0.4, -0.2) is 11.0 Å². The van der Waals surface area contributed by atoms with Gasteiger partial charge in [0.05, 0.1) is 0 Å². The molecule has 0 aliphatic rings. The Morgan fingerprint density at radius 2 is 0.667 bits per heavy atom. The fraction of sp³-hybridized carbons (Fsp3) is 1.00. The molecule has 0 radical (unpaired) electrons. The third-order valence-electron chi connectivity index (χ3n) is 0.378. The van der Waals surface area contributed by atoms with E-state index in [1.165, 1.54) is 0 Å². The van der Waals surface area contributed by atoms with Gasteiger partial charge < -0.3 is 16.8 Å². The minimum Gasteiger partial charge on any atom is -0.416 e. The van der Waals surface area contributed by atoms with E-state index in [1.807, 2.05) is 0 Å². The predicted molar refractivity (Wildman–Crippen MR) is 29.6 cm³/mol. The molecule has 88 valence electrons. The number of alkyl halides is 6. The average molecular weight is 467 g/mol. The zero-order chi connectivity index (χ0) is 12.2. The van der Waals surface area contributed by atoms with Crippen LogP contribution < -0.4 is 0 Å². The first-order valence-electron chi connectivity index (χ1n) is 2.21. The van der Waals surface area contributed by atoms with Crippen molar-refractivity contribution in [2.24, 2.45) is 0 Å². The van der Waals surface area contributed by atoms with Crippen LogP contribution in [0.25, 0.3) is 0 Å². The number of halogens is 6. The first kappa shape index (κ1) is 20.8. The molecule has 0 aliphatic carbocycles. The third-order valence-corrected chi connectivity index (χ3v) is 1.13. The standard InChI is InChI=1S/2CF3O2S.Hg/c2*2-1(3,4)7(5)6;/q2*-1;+2. The fourth-order valence-corrected chi connectivity index (χ4v) is 0. The van der Waals surface area contributed by atoms with Crippen LogP contribution in [0.5, 0.6) is 0 Å². The van der Waals surface area contributed by atoms with Crippen LogP contribution in [0.2, 0.25) is 0 Å². The van der Waals surface area contributed by atoms with Crippen molar-refractivity contribution in [2.45, 2.75) is 11.0 Å². The van der Waals surface area contributed by atoms with Crippen molar-refractivity contribution in [1.29, 1.82) is 0 Å². The summed E-state index contributed by atoms with van der Waals surface area (Å²) in [6.45, 7) is 0. The minimum absolute atomic E-state index is 0. The van der Waals surface area contributed by atoms with Crippen LogP contribution in [0.1, 0.15) is 0 Å². The molecule has 4 nitrogen and oxygen atoms in total. The van der Waals surface area contributed by atoms with E-state index in [0.29, 0.717) is 0 Å². The molecule has 0 aromatic heterocycles. The Balaban J connectivity index is -0.000000180. The van der Waals surface area contributed by atoms with E-state index >= 15 is 0 Å². The average Bonchev–Trinajstić information content (AvgIpc) is 1.83. The first-order valence-corrected chi connectivity index (χ1v) is 4.36. The second-order valence-corrected chi connectivity index (χ2v) is 3.23. The van der Waals surface area contributed by atoms with E-state index in [4.69, 9.17) is 16.8 Å². The molecule has 0 saturated heterocycles. The van der Waals surface area contributed by atoms with Crippen molar-refractivity contribution in [3.8, 4) is 0 Å². The summed E-state index contributed by atoms with van der Waals surface area (Å²) in [5.41, 5.74) is -10.2. The van der Waals surface area contributed by atoms with Crippen LogP contribution in [0.3, 0.4) is 0 Å². The molecule has 0 bridgehead atoms. The molecule has 0 aromatic carbocycles. The minimum atomic E-state index is -5.08. The van der Waals surface area contributed by atoms with Crippen molar-refractivity contribution in [2.75, 3.05) is 0 Å². The van der Waals surface area contributed by atoms with Gasteiger partial charge in [-0.25, -0.2) is 0 Å². The summed E-state index contributed by atoms with van der Waals surface area (Å²) in [5, 5.41) is 0. The molecule has 0 aliphatic heterocycles. The maximum Gasteiger partial charge on any atom is 2.00 e. The number of rotatable bonds is 0. The maximum atomic E-state index is 10.6. The summed E-state index contributed by atoms with van der Waals surface area (Å²) >= 11 is 0. The molecule has 0 saturated carbocycles.